The summed E-state index contributed by atoms with van der Waals surface area (Å²) >= 11 is 0. The number of aryl methyl sites for hydroxylation is 1. The van der Waals surface area contributed by atoms with Gasteiger partial charge in [-0.25, -0.2) is 0 Å². The molecule has 15 heavy (non-hydrogen) atoms. The summed E-state index contributed by atoms with van der Waals surface area (Å²) < 4.78 is 2.16. The molecule has 0 radical (unpaired) electrons. The van der Waals surface area contributed by atoms with E-state index < -0.39 is 0 Å². The highest BCUT2D eigenvalue weighted by atomic mass is 14.9. The van der Waals surface area contributed by atoms with Gasteiger partial charge in [0, 0.05) is 25.5 Å². The van der Waals surface area contributed by atoms with Crippen LogP contribution < -0.4 is 5.73 Å². The van der Waals surface area contributed by atoms with Crippen LogP contribution in [-0.4, -0.2) is 4.57 Å². The lowest BCUT2D eigenvalue weighted by Gasteiger charge is -2.03. The van der Waals surface area contributed by atoms with E-state index in [9.17, 15) is 0 Å². The maximum Gasteiger partial charge on any atom is 0.0470 e. The standard InChI is InChI=1S/C13H16N2/c1-11-3-2-4-12(7-11)9-15-6-5-13(8-14)10-15/h2-7,10H,8-9,14H2,1H3. The molecule has 0 saturated heterocycles. The molecule has 0 saturated carbocycles. The average Bonchev–Trinajstić information content (AvgIpc) is 2.65. The van der Waals surface area contributed by atoms with Crippen molar-refractivity contribution in [1.29, 1.82) is 0 Å². The summed E-state index contributed by atoms with van der Waals surface area (Å²) in [5.41, 5.74) is 9.38. The fourth-order valence-corrected chi connectivity index (χ4v) is 1.73. The van der Waals surface area contributed by atoms with Gasteiger partial charge in [-0.05, 0) is 24.1 Å². The van der Waals surface area contributed by atoms with Crippen LogP contribution in [0.15, 0.2) is 42.7 Å². The van der Waals surface area contributed by atoms with Gasteiger partial charge >= 0.3 is 0 Å². The lowest BCUT2D eigenvalue weighted by molar-refractivity contribution is 0.801. The average molecular weight is 200 g/mol. The largest absolute Gasteiger partial charge is 0.350 e. The number of aromatic nitrogens is 1. The Hall–Kier alpha value is -1.54. The van der Waals surface area contributed by atoms with Crippen molar-refractivity contribution in [3.8, 4) is 0 Å². The van der Waals surface area contributed by atoms with Crippen molar-refractivity contribution in [2.75, 3.05) is 0 Å². The van der Waals surface area contributed by atoms with Crippen LogP contribution >= 0.6 is 0 Å². The third-order valence-electron chi connectivity index (χ3n) is 2.50. The Morgan fingerprint density at radius 3 is 2.73 bits per heavy atom. The van der Waals surface area contributed by atoms with E-state index in [0.717, 1.165) is 6.54 Å². The second-order valence-corrected chi connectivity index (χ2v) is 3.89. The molecular weight excluding hydrogens is 184 g/mol. The monoisotopic (exact) mass is 200 g/mol. The summed E-state index contributed by atoms with van der Waals surface area (Å²) in [5.74, 6) is 0. The first-order chi connectivity index (χ1) is 7.28. The van der Waals surface area contributed by atoms with Crippen LogP contribution in [0, 0.1) is 6.92 Å². The van der Waals surface area contributed by atoms with Crippen molar-refractivity contribution in [3.05, 3.63) is 59.4 Å². The summed E-state index contributed by atoms with van der Waals surface area (Å²) in [4.78, 5) is 0. The van der Waals surface area contributed by atoms with Gasteiger partial charge in [-0.3, -0.25) is 0 Å². The van der Waals surface area contributed by atoms with Gasteiger partial charge in [0.15, 0.2) is 0 Å². The highest BCUT2D eigenvalue weighted by Crippen LogP contribution is 2.08. The molecule has 2 nitrogen and oxygen atoms in total. The Kier molecular flexibility index (Phi) is 2.88. The molecule has 0 aliphatic carbocycles. The molecule has 0 fully saturated rings. The summed E-state index contributed by atoms with van der Waals surface area (Å²) in [6.07, 6.45) is 4.17. The van der Waals surface area contributed by atoms with E-state index in [2.05, 4.69) is 54.2 Å². The van der Waals surface area contributed by atoms with Crippen molar-refractivity contribution >= 4 is 0 Å². The van der Waals surface area contributed by atoms with E-state index in [0.29, 0.717) is 6.54 Å². The number of hydrogen-bond donors (Lipinski definition) is 1. The molecule has 0 spiro atoms. The minimum Gasteiger partial charge on any atom is -0.350 e. The topological polar surface area (TPSA) is 30.9 Å². The summed E-state index contributed by atoms with van der Waals surface area (Å²) in [7, 11) is 0. The fraction of sp³-hybridized carbons (Fsp3) is 0.231. The highest BCUT2D eigenvalue weighted by molar-refractivity contribution is 5.23. The first-order valence-electron chi connectivity index (χ1n) is 5.18. The molecule has 0 amide bonds. The van der Waals surface area contributed by atoms with Crippen LogP contribution in [0.25, 0.3) is 0 Å². The van der Waals surface area contributed by atoms with Crippen LogP contribution in [0.4, 0.5) is 0 Å². The fourth-order valence-electron chi connectivity index (χ4n) is 1.73. The van der Waals surface area contributed by atoms with Crippen molar-refractivity contribution in [2.45, 2.75) is 20.0 Å². The van der Waals surface area contributed by atoms with Gasteiger partial charge in [-0.15, -0.1) is 0 Å². The predicted molar refractivity (Wildman–Crippen MR) is 62.6 cm³/mol. The first-order valence-corrected chi connectivity index (χ1v) is 5.18. The van der Waals surface area contributed by atoms with E-state index in [1.54, 1.807) is 0 Å². The van der Waals surface area contributed by atoms with Crippen molar-refractivity contribution in [2.24, 2.45) is 5.73 Å². The molecule has 0 aliphatic rings. The number of hydrogen-bond acceptors (Lipinski definition) is 1. The normalized spacial score (nSPS) is 10.5. The lowest BCUT2D eigenvalue weighted by atomic mass is 10.1. The zero-order chi connectivity index (χ0) is 10.7. The molecule has 2 heteroatoms. The molecule has 2 aromatic rings. The minimum absolute atomic E-state index is 0.612. The van der Waals surface area contributed by atoms with Gasteiger partial charge in [0.05, 0.1) is 0 Å². The van der Waals surface area contributed by atoms with Crippen molar-refractivity contribution in [1.82, 2.24) is 4.57 Å². The Morgan fingerprint density at radius 2 is 2.07 bits per heavy atom. The zero-order valence-corrected chi connectivity index (χ0v) is 8.98. The summed E-state index contributed by atoms with van der Waals surface area (Å²) in [5, 5.41) is 0. The van der Waals surface area contributed by atoms with E-state index >= 15 is 0 Å². The molecule has 2 N–H and O–H groups in total. The molecule has 1 heterocycles. The lowest BCUT2D eigenvalue weighted by Crippen LogP contribution is -1.98. The Balaban J connectivity index is 2.14. The van der Waals surface area contributed by atoms with Crippen molar-refractivity contribution < 1.29 is 0 Å². The second kappa shape index (κ2) is 4.32. The maximum atomic E-state index is 5.57. The SMILES string of the molecule is Cc1cccc(Cn2ccc(CN)c2)c1. The van der Waals surface area contributed by atoms with Crippen LogP contribution in [-0.2, 0) is 13.1 Å². The molecule has 78 valence electrons. The second-order valence-electron chi connectivity index (χ2n) is 3.89. The Labute approximate surface area is 90.3 Å². The molecule has 0 bridgehead atoms. The van der Waals surface area contributed by atoms with Gasteiger partial charge in [-0.2, -0.15) is 0 Å². The maximum absolute atomic E-state index is 5.57. The molecule has 1 aromatic heterocycles. The molecular formula is C13H16N2. The molecule has 0 unspecified atom stereocenters. The van der Waals surface area contributed by atoms with Gasteiger partial charge in [-0.1, -0.05) is 29.8 Å². The number of nitrogens with zero attached hydrogens (tertiary/aromatic N) is 1. The minimum atomic E-state index is 0.612. The third-order valence-corrected chi connectivity index (χ3v) is 2.50. The predicted octanol–water partition coefficient (Wildman–Crippen LogP) is 2.30. The van der Waals surface area contributed by atoms with Gasteiger partial charge in [0.2, 0.25) is 0 Å². The van der Waals surface area contributed by atoms with Crippen molar-refractivity contribution in [3.63, 3.8) is 0 Å². The van der Waals surface area contributed by atoms with Crippen LogP contribution in [0.5, 0.6) is 0 Å². The molecule has 1 aromatic carbocycles. The van der Waals surface area contributed by atoms with E-state index in [1.165, 1.54) is 16.7 Å². The quantitative estimate of drug-likeness (QED) is 0.809. The number of benzene rings is 1. The Bertz CT molecular complexity index is 443. The van der Waals surface area contributed by atoms with E-state index in [4.69, 9.17) is 5.73 Å². The summed E-state index contributed by atoms with van der Waals surface area (Å²) in [6.45, 7) is 3.65. The van der Waals surface area contributed by atoms with Crippen LogP contribution in [0.3, 0.4) is 0 Å². The molecule has 2 rings (SSSR count). The zero-order valence-electron chi connectivity index (χ0n) is 8.98. The van der Waals surface area contributed by atoms with E-state index in [-0.39, 0.29) is 0 Å². The van der Waals surface area contributed by atoms with E-state index in [1.807, 2.05) is 0 Å². The summed E-state index contributed by atoms with van der Waals surface area (Å²) in [6, 6.07) is 10.6. The van der Waals surface area contributed by atoms with Crippen LogP contribution in [0.2, 0.25) is 0 Å². The number of rotatable bonds is 3. The van der Waals surface area contributed by atoms with Gasteiger partial charge in [0.1, 0.15) is 0 Å². The molecule has 0 aliphatic heterocycles. The first kappa shape index (κ1) is 9.99. The van der Waals surface area contributed by atoms with Gasteiger partial charge < -0.3 is 10.3 Å². The van der Waals surface area contributed by atoms with Crippen LogP contribution in [0.1, 0.15) is 16.7 Å². The highest BCUT2D eigenvalue weighted by Gasteiger charge is 1.97. The smallest absolute Gasteiger partial charge is 0.0470 e. The Morgan fingerprint density at radius 1 is 1.20 bits per heavy atom. The van der Waals surface area contributed by atoms with Gasteiger partial charge in [0.25, 0.3) is 0 Å². The number of nitrogens with two attached hydrogens (primary N) is 1. The third kappa shape index (κ3) is 2.48. The molecule has 0 atom stereocenters.